The number of likely N-dealkylation sites (N-methyl/N-ethyl adjacent to an activating group) is 1. The number of hydrogen-bond acceptors (Lipinski definition) is 4. The maximum Gasteiger partial charge on any atom is 0.0743 e. The molecule has 2 unspecified atom stereocenters. The number of para-hydroxylation sites is 1. The highest BCUT2D eigenvalue weighted by Crippen LogP contribution is 2.33. The first kappa shape index (κ1) is 14.3. The standard InChI is InChI=1S/C17H23N3O/c1-20(15-8-4-5-9-16(15)21)17-12(10-18)11-19-14-7-3-2-6-13(14)17/h2-3,6-7,11,15-16,21H,4-5,8-10,18H2,1H3. The highest BCUT2D eigenvalue weighted by Gasteiger charge is 2.28. The number of rotatable bonds is 3. The molecule has 1 aromatic heterocycles. The van der Waals surface area contributed by atoms with Gasteiger partial charge in [-0.15, -0.1) is 0 Å². The summed E-state index contributed by atoms with van der Waals surface area (Å²) >= 11 is 0. The minimum atomic E-state index is -0.263. The SMILES string of the molecule is CN(c1c(CN)cnc2ccccc12)C1CCCCC1O. The lowest BCUT2D eigenvalue weighted by Gasteiger charge is -2.38. The molecule has 0 bridgehead atoms. The Hall–Kier alpha value is -1.65. The van der Waals surface area contributed by atoms with Gasteiger partial charge in [-0.1, -0.05) is 31.0 Å². The van der Waals surface area contributed by atoms with Gasteiger partial charge < -0.3 is 15.7 Å². The number of aliphatic hydroxyl groups is 1. The predicted molar refractivity (Wildman–Crippen MR) is 86.3 cm³/mol. The van der Waals surface area contributed by atoms with Crippen molar-refractivity contribution in [2.75, 3.05) is 11.9 Å². The van der Waals surface area contributed by atoms with Crippen LogP contribution >= 0.6 is 0 Å². The monoisotopic (exact) mass is 285 g/mol. The third-order valence-electron chi connectivity index (χ3n) is 4.59. The van der Waals surface area contributed by atoms with Crippen LogP contribution in [0.25, 0.3) is 10.9 Å². The van der Waals surface area contributed by atoms with Crippen LogP contribution in [-0.4, -0.2) is 29.3 Å². The number of aliphatic hydroxyl groups excluding tert-OH is 1. The minimum Gasteiger partial charge on any atom is -0.391 e. The molecule has 1 fully saturated rings. The van der Waals surface area contributed by atoms with Crippen molar-refractivity contribution in [2.24, 2.45) is 5.73 Å². The first-order valence-corrected chi connectivity index (χ1v) is 7.70. The van der Waals surface area contributed by atoms with E-state index in [1.165, 1.54) is 6.42 Å². The molecule has 1 heterocycles. The van der Waals surface area contributed by atoms with Gasteiger partial charge in [-0.05, 0) is 18.9 Å². The number of pyridine rings is 1. The number of aromatic nitrogens is 1. The van der Waals surface area contributed by atoms with Crippen LogP contribution in [0.3, 0.4) is 0 Å². The highest BCUT2D eigenvalue weighted by atomic mass is 16.3. The average molecular weight is 285 g/mol. The molecule has 1 saturated carbocycles. The Labute approximate surface area is 125 Å². The number of fused-ring (bicyclic) bond motifs is 1. The van der Waals surface area contributed by atoms with Crippen molar-refractivity contribution in [3.8, 4) is 0 Å². The van der Waals surface area contributed by atoms with E-state index in [1.807, 2.05) is 24.4 Å². The lowest BCUT2D eigenvalue weighted by Crippen LogP contribution is -2.44. The summed E-state index contributed by atoms with van der Waals surface area (Å²) in [5.41, 5.74) is 9.04. The van der Waals surface area contributed by atoms with Crippen molar-refractivity contribution in [1.82, 2.24) is 4.98 Å². The van der Waals surface area contributed by atoms with E-state index in [0.29, 0.717) is 6.54 Å². The van der Waals surface area contributed by atoms with Crippen LogP contribution < -0.4 is 10.6 Å². The smallest absolute Gasteiger partial charge is 0.0743 e. The zero-order valence-corrected chi connectivity index (χ0v) is 12.5. The molecule has 2 atom stereocenters. The van der Waals surface area contributed by atoms with Crippen LogP contribution in [0.5, 0.6) is 0 Å². The van der Waals surface area contributed by atoms with Gasteiger partial charge in [-0.25, -0.2) is 0 Å². The van der Waals surface area contributed by atoms with Crippen LogP contribution in [0.1, 0.15) is 31.2 Å². The molecule has 0 radical (unpaired) electrons. The lowest BCUT2D eigenvalue weighted by molar-refractivity contribution is 0.106. The molecule has 1 aliphatic carbocycles. The molecule has 0 saturated heterocycles. The number of benzene rings is 1. The Morgan fingerprint density at radius 3 is 2.81 bits per heavy atom. The van der Waals surface area contributed by atoms with E-state index >= 15 is 0 Å². The number of nitrogens with zero attached hydrogens (tertiary/aromatic N) is 2. The van der Waals surface area contributed by atoms with E-state index in [4.69, 9.17) is 5.73 Å². The van der Waals surface area contributed by atoms with E-state index in [1.54, 1.807) is 0 Å². The van der Waals surface area contributed by atoms with Gasteiger partial charge in [0.15, 0.2) is 0 Å². The van der Waals surface area contributed by atoms with E-state index in [0.717, 1.165) is 41.4 Å². The topological polar surface area (TPSA) is 62.4 Å². The van der Waals surface area contributed by atoms with Crippen LogP contribution in [0.15, 0.2) is 30.5 Å². The third kappa shape index (κ3) is 2.61. The second-order valence-corrected chi connectivity index (χ2v) is 5.88. The molecule has 3 rings (SSSR count). The number of hydrogen-bond donors (Lipinski definition) is 2. The predicted octanol–water partition coefficient (Wildman–Crippen LogP) is 2.43. The first-order chi connectivity index (χ1) is 10.2. The van der Waals surface area contributed by atoms with Crippen molar-refractivity contribution in [1.29, 1.82) is 0 Å². The molecule has 2 aromatic rings. The molecule has 4 heteroatoms. The minimum absolute atomic E-state index is 0.162. The molecular weight excluding hydrogens is 262 g/mol. The van der Waals surface area contributed by atoms with E-state index in [9.17, 15) is 5.11 Å². The van der Waals surface area contributed by atoms with Crippen LogP contribution in [-0.2, 0) is 6.54 Å². The largest absolute Gasteiger partial charge is 0.391 e. The second kappa shape index (κ2) is 6.00. The molecule has 0 spiro atoms. The summed E-state index contributed by atoms with van der Waals surface area (Å²) in [6.07, 6.45) is 5.80. The van der Waals surface area contributed by atoms with Gasteiger partial charge in [0.1, 0.15) is 0 Å². The maximum atomic E-state index is 10.3. The summed E-state index contributed by atoms with van der Waals surface area (Å²) in [5, 5.41) is 11.5. The molecule has 1 aliphatic rings. The van der Waals surface area contributed by atoms with Crippen LogP contribution in [0.2, 0.25) is 0 Å². The summed E-state index contributed by atoms with van der Waals surface area (Å²) in [5.74, 6) is 0. The van der Waals surface area contributed by atoms with Gasteiger partial charge in [0.05, 0.1) is 23.3 Å². The summed E-state index contributed by atoms with van der Waals surface area (Å²) in [7, 11) is 2.07. The molecule has 4 nitrogen and oxygen atoms in total. The summed E-state index contributed by atoms with van der Waals surface area (Å²) < 4.78 is 0. The lowest BCUT2D eigenvalue weighted by atomic mass is 9.90. The molecule has 1 aromatic carbocycles. The van der Waals surface area contributed by atoms with Gasteiger partial charge in [-0.2, -0.15) is 0 Å². The maximum absolute atomic E-state index is 10.3. The fourth-order valence-electron chi connectivity index (χ4n) is 3.44. The van der Waals surface area contributed by atoms with Gasteiger partial charge in [0.25, 0.3) is 0 Å². The van der Waals surface area contributed by atoms with Crippen molar-refractivity contribution in [2.45, 2.75) is 44.4 Å². The molecule has 0 aliphatic heterocycles. The Morgan fingerprint density at radius 2 is 2.05 bits per heavy atom. The van der Waals surface area contributed by atoms with Gasteiger partial charge >= 0.3 is 0 Å². The summed E-state index contributed by atoms with van der Waals surface area (Å²) in [4.78, 5) is 6.71. The van der Waals surface area contributed by atoms with Crippen molar-refractivity contribution < 1.29 is 5.11 Å². The van der Waals surface area contributed by atoms with E-state index < -0.39 is 0 Å². The van der Waals surface area contributed by atoms with Gasteiger partial charge in [0.2, 0.25) is 0 Å². The molecule has 0 amide bonds. The Kier molecular flexibility index (Phi) is 4.08. The zero-order chi connectivity index (χ0) is 14.8. The van der Waals surface area contributed by atoms with E-state index in [-0.39, 0.29) is 12.1 Å². The molecule has 112 valence electrons. The number of anilines is 1. The third-order valence-corrected chi connectivity index (χ3v) is 4.59. The van der Waals surface area contributed by atoms with Crippen molar-refractivity contribution >= 4 is 16.6 Å². The summed E-state index contributed by atoms with van der Waals surface area (Å²) in [6.45, 7) is 0.459. The van der Waals surface area contributed by atoms with Crippen molar-refractivity contribution in [3.05, 3.63) is 36.0 Å². The Balaban J connectivity index is 2.08. The Morgan fingerprint density at radius 1 is 1.29 bits per heavy atom. The molecule has 21 heavy (non-hydrogen) atoms. The van der Waals surface area contributed by atoms with Crippen LogP contribution in [0, 0.1) is 0 Å². The molecule has 3 N–H and O–H groups in total. The fourth-order valence-corrected chi connectivity index (χ4v) is 3.44. The quantitative estimate of drug-likeness (QED) is 0.909. The zero-order valence-electron chi connectivity index (χ0n) is 12.5. The normalized spacial score (nSPS) is 22.4. The average Bonchev–Trinajstić information content (AvgIpc) is 2.53. The highest BCUT2D eigenvalue weighted by molar-refractivity contribution is 5.93. The van der Waals surface area contributed by atoms with Gasteiger partial charge in [-0.3, -0.25) is 4.98 Å². The molecular formula is C17H23N3O. The summed E-state index contributed by atoms with van der Waals surface area (Å²) in [6, 6.07) is 8.29. The first-order valence-electron chi connectivity index (χ1n) is 7.70. The number of nitrogens with two attached hydrogens (primary N) is 1. The fraction of sp³-hybridized carbons (Fsp3) is 0.471. The Bertz CT molecular complexity index is 628. The van der Waals surface area contributed by atoms with E-state index in [2.05, 4.69) is 23.0 Å². The van der Waals surface area contributed by atoms with Crippen LogP contribution in [0.4, 0.5) is 5.69 Å². The van der Waals surface area contributed by atoms with Gasteiger partial charge in [0, 0.05) is 30.7 Å². The second-order valence-electron chi connectivity index (χ2n) is 5.88. The van der Waals surface area contributed by atoms with Crippen molar-refractivity contribution in [3.63, 3.8) is 0 Å².